The first-order valence-corrected chi connectivity index (χ1v) is 9.25. The van der Waals surface area contributed by atoms with E-state index >= 15 is 0 Å². The summed E-state index contributed by atoms with van der Waals surface area (Å²) in [6, 6.07) is 4.43. The minimum atomic E-state index is -4.94. The van der Waals surface area contributed by atoms with E-state index in [2.05, 4.69) is 37.1 Å². The van der Waals surface area contributed by atoms with Crippen molar-refractivity contribution in [2.45, 2.75) is 6.18 Å². The van der Waals surface area contributed by atoms with Gasteiger partial charge in [-0.15, -0.1) is 4.80 Å². The smallest absolute Gasteiger partial charge is 0.404 e. The fourth-order valence-corrected chi connectivity index (χ4v) is 2.74. The number of hydrogen-bond acceptors (Lipinski definition) is 10. The Bertz CT molecular complexity index is 1330. The van der Waals surface area contributed by atoms with Crippen molar-refractivity contribution in [1.29, 1.82) is 10.7 Å². The lowest BCUT2D eigenvalue weighted by atomic mass is 10.1. The predicted octanol–water partition coefficient (Wildman–Crippen LogP) is 2.61. The first kappa shape index (κ1) is 23.6. The summed E-state index contributed by atoms with van der Waals surface area (Å²) in [4.78, 5) is 12.6. The topological polar surface area (TPSA) is 181 Å². The third kappa shape index (κ3) is 4.88. The van der Waals surface area contributed by atoms with Crippen LogP contribution in [0.1, 0.15) is 11.3 Å². The van der Waals surface area contributed by atoms with Gasteiger partial charge in [-0.05, 0) is 12.1 Å². The molecule has 3 aromatic heterocycles. The lowest BCUT2D eigenvalue weighted by molar-refractivity contribution is -0.0580. The van der Waals surface area contributed by atoms with E-state index in [1.807, 2.05) is 6.07 Å². The Kier molecular flexibility index (Phi) is 6.67. The van der Waals surface area contributed by atoms with Crippen molar-refractivity contribution in [3.8, 4) is 11.9 Å². The van der Waals surface area contributed by atoms with Crippen LogP contribution in [0.2, 0.25) is 0 Å². The van der Waals surface area contributed by atoms with Gasteiger partial charge in [0, 0.05) is 29.9 Å². The molecule has 11 nitrogen and oxygen atoms in total. The number of aromatic nitrogens is 5. The molecule has 3 rings (SSSR count). The Morgan fingerprint density at radius 3 is 2.56 bits per heavy atom. The van der Waals surface area contributed by atoms with Crippen LogP contribution in [-0.2, 0) is 0 Å². The second-order valence-corrected chi connectivity index (χ2v) is 6.44. The van der Waals surface area contributed by atoms with Gasteiger partial charge in [-0.25, -0.2) is 9.98 Å². The van der Waals surface area contributed by atoms with Crippen molar-refractivity contribution in [3.63, 3.8) is 0 Å². The van der Waals surface area contributed by atoms with E-state index in [0.29, 0.717) is 6.20 Å². The molecule has 172 valence electrons. The van der Waals surface area contributed by atoms with Crippen molar-refractivity contribution in [1.82, 2.24) is 25.0 Å². The van der Waals surface area contributed by atoms with E-state index in [-0.39, 0.29) is 39.8 Å². The molecule has 0 radical (unpaired) electrons. The van der Waals surface area contributed by atoms with Crippen LogP contribution in [-0.4, -0.2) is 43.1 Å². The van der Waals surface area contributed by atoms with E-state index in [1.165, 1.54) is 36.9 Å². The Morgan fingerprint density at radius 2 is 1.97 bits per heavy atom. The normalized spacial score (nSPS) is 12.2. The number of allylic oxidation sites excluding steroid dienone is 1. The van der Waals surface area contributed by atoms with Crippen LogP contribution >= 0.6 is 0 Å². The molecule has 0 fully saturated rings. The van der Waals surface area contributed by atoms with E-state index in [1.54, 1.807) is 0 Å². The highest BCUT2D eigenvalue weighted by atomic mass is 19.4. The van der Waals surface area contributed by atoms with E-state index < -0.39 is 17.5 Å². The fourth-order valence-electron chi connectivity index (χ4n) is 2.74. The van der Waals surface area contributed by atoms with Crippen LogP contribution < -0.4 is 16.8 Å². The molecule has 0 aliphatic rings. The van der Waals surface area contributed by atoms with Crippen molar-refractivity contribution < 1.29 is 13.2 Å². The molecule has 0 amide bonds. The van der Waals surface area contributed by atoms with E-state index in [4.69, 9.17) is 16.9 Å². The molecule has 0 saturated heterocycles. The highest BCUT2D eigenvalue weighted by Crippen LogP contribution is 2.31. The van der Waals surface area contributed by atoms with Gasteiger partial charge in [0.25, 0.3) is 0 Å². The summed E-state index contributed by atoms with van der Waals surface area (Å²) in [5.74, 6) is 0.131. The largest absolute Gasteiger partial charge is 0.434 e. The molecule has 0 atom stereocenters. The lowest BCUT2D eigenvalue weighted by Crippen LogP contribution is -2.28. The Balaban J connectivity index is 1.97. The number of aliphatic imine (C=N–C) groups is 1. The van der Waals surface area contributed by atoms with Crippen molar-refractivity contribution >= 4 is 29.0 Å². The quantitative estimate of drug-likeness (QED) is 0.302. The summed E-state index contributed by atoms with van der Waals surface area (Å²) < 4.78 is 41.7. The van der Waals surface area contributed by atoms with Crippen molar-refractivity contribution in [3.05, 3.63) is 72.2 Å². The van der Waals surface area contributed by atoms with Gasteiger partial charge in [0.15, 0.2) is 11.5 Å². The molecule has 0 bridgehead atoms. The number of pyridine rings is 2. The molecule has 0 aromatic carbocycles. The van der Waals surface area contributed by atoms with Crippen LogP contribution in [0.15, 0.2) is 66.0 Å². The number of anilines is 2. The molecule has 0 saturated carbocycles. The lowest BCUT2D eigenvalue weighted by Gasteiger charge is -2.18. The minimum absolute atomic E-state index is 0.0418. The predicted molar refractivity (Wildman–Crippen MR) is 119 cm³/mol. The summed E-state index contributed by atoms with van der Waals surface area (Å²) in [5.41, 5.74) is 8.78. The second kappa shape index (κ2) is 9.61. The number of nitrogen functional groups attached to an aromatic ring is 1. The molecule has 0 spiro atoms. The minimum Gasteiger partial charge on any atom is -0.404 e. The molecule has 34 heavy (non-hydrogen) atoms. The van der Waals surface area contributed by atoms with Gasteiger partial charge in [-0.2, -0.15) is 28.6 Å². The molecule has 0 unspecified atom stereocenters. The van der Waals surface area contributed by atoms with E-state index in [9.17, 15) is 18.4 Å². The average molecular weight is 467 g/mol. The molecule has 3 aromatic rings. The van der Waals surface area contributed by atoms with Crippen LogP contribution in [0, 0.1) is 16.7 Å². The number of nitrogens with one attached hydrogen (secondary N) is 2. The van der Waals surface area contributed by atoms with Gasteiger partial charge in [0.2, 0.25) is 0 Å². The molecule has 0 aliphatic carbocycles. The molecular weight excluding hydrogens is 451 g/mol. The Labute approximate surface area is 190 Å². The maximum atomic E-state index is 13.9. The number of halogens is 3. The summed E-state index contributed by atoms with van der Waals surface area (Å²) in [6.07, 6.45) is 1.78. The van der Waals surface area contributed by atoms with Crippen LogP contribution in [0.5, 0.6) is 0 Å². The zero-order valence-corrected chi connectivity index (χ0v) is 17.2. The van der Waals surface area contributed by atoms with Gasteiger partial charge in [-0.3, -0.25) is 4.98 Å². The van der Waals surface area contributed by atoms with Crippen molar-refractivity contribution in [2.24, 2.45) is 10.7 Å². The second-order valence-electron chi connectivity index (χ2n) is 6.44. The SMILES string of the molecule is C=C(Nc1cnc(-n2nccn2)c(C#N)c1)C(=CN)C(=Nc1ccnc(C=N)c1N)C(F)(F)F. The molecule has 14 heteroatoms. The van der Waals surface area contributed by atoms with Gasteiger partial charge in [0.05, 0.1) is 35.7 Å². The first-order valence-electron chi connectivity index (χ1n) is 9.25. The summed E-state index contributed by atoms with van der Waals surface area (Å²) in [6.45, 7) is 3.62. The van der Waals surface area contributed by atoms with E-state index in [0.717, 1.165) is 11.0 Å². The first-order chi connectivity index (χ1) is 16.2. The number of alkyl halides is 3. The number of rotatable bonds is 7. The summed E-state index contributed by atoms with van der Waals surface area (Å²) in [7, 11) is 0. The van der Waals surface area contributed by atoms with Gasteiger partial charge < -0.3 is 22.2 Å². The van der Waals surface area contributed by atoms with Gasteiger partial charge in [0.1, 0.15) is 17.3 Å². The standard InChI is InChI=1S/C20H16F3N11/c1-11(32-13-6-12(7-24)19(29-10-13)34-30-4-5-31-34)14(8-25)18(20(21,22)23)33-15-2-3-28-16(9-26)17(15)27/h2-6,8-10,26,32H,1,25,27H2. The summed E-state index contributed by atoms with van der Waals surface area (Å²) in [5, 5.41) is 27.1. The monoisotopic (exact) mass is 467 g/mol. The molecule has 3 heterocycles. The summed E-state index contributed by atoms with van der Waals surface area (Å²) >= 11 is 0. The Morgan fingerprint density at radius 1 is 1.26 bits per heavy atom. The zero-order valence-electron chi connectivity index (χ0n) is 17.2. The van der Waals surface area contributed by atoms with Crippen LogP contribution in [0.25, 0.3) is 5.82 Å². The highest BCUT2D eigenvalue weighted by Gasteiger charge is 2.39. The zero-order chi connectivity index (χ0) is 24.9. The molecule has 0 aliphatic heterocycles. The molecular formula is C20H16F3N11. The molecule has 6 N–H and O–H groups in total. The third-order valence-electron chi connectivity index (χ3n) is 4.27. The number of nitrogens with zero attached hydrogens (tertiary/aromatic N) is 7. The maximum absolute atomic E-state index is 13.9. The Hall–Kier alpha value is -5.06. The average Bonchev–Trinajstić information content (AvgIpc) is 3.34. The third-order valence-corrected chi connectivity index (χ3v) is 4.27. The van der Waals surface area contributed by atoms with Gasteiger partial charge >= 0.3 is 6.18 Å². The van der Waals surface area contributed by atoms with Crippen LogP contribution in [0.4, 0.5) is 30.2 Å². The fraction of sp³-hybridized carbons (Fsp3) is 0.0500. The van der Waals surface area contributed by atoms with Crippen LogP contribution in [0.3, 0.4) is 0 Å². The van der Waals surface area contributed by atoms with Crippen molar-refractivity contribution in [2.75, 3.05) is 11.1 Å². The number of hydrogen-bond donors (Lipinski definition) is 4. The maximum Gasteiger partial charge on any atom is 0.434 e. The van der Waals surface area contributed by atoms with Gasteiger partial charge in [-0.1, -0.05) is 6.58 Å². The number of nitriles is 1. The highest BCUT2D eigenvalue weighted by molar-refractivity contribution is 6.09. The number of nitrogens with two attached hydrogens (primary N) is 2.